The molecule has 336 valence electrons. The first-order valence-electron chi connectivity index (χ1n) is 24.9. The summed E-state index contributed by atoms with van der Waals surface area (Å²) >= 11 is 0. The van der Waals surface area contributed by atoms with Crippen LogP contribution in [0.4, 0.5) is 0 Å². The van der Waals surface area contributed by atoms with E-state index in [1.54, 1.807) is 0 Å². The maximum atomic E-state index is 2.51. The molecular formula is C72H48. The highest BCUT2D eigenvalue weighted by molar-refractivity contribution is 6.39. The summed E-state index contributed by atoms with van der Waals surface area (Å²) < 4.78 is 0. The van der Waals surface area contributed by atoms with Crippen molar-refractivity contribution in [3.63, 3.8) is 0 Å². The van der Waals surface area contributed by atoms with Gasteiger partial charge < -0.3 is 0 Å². The fourth-order valence-corrected chi connectivity index (χ4v) is 11.1. The summed E-state index contributed by atoms with van der Waals surface area (Å²) in [5.74, 6) is 0. The first-order valence-corrected chi connectivity index (χ1v) is 24.9. The van der Waals surface area contributed by atoms with E-state index in [1.165, 1.54) is 134 Å². The largest absolute Gasteiger partial charge is 0.0622 e. The minimum absolute atomic E-state index is 1.17. The van der Waals surface area contributed by atoms with Crippen LogP contribution in [0.25, 0.3) is 94.6 Å². The van der Waals surface area contributed by atoms with E-state index in [1.807, 2.05) is 0 Å². The standard InChI is InChI=1S/C72H48/c1-9-25-49(26-10-1)57-41-58(50-27-11-2-12-28-50)44-61(43-57)69-68(56-39-23-8-24-40-56)71-66-48-64(54-35-19-6-20-36-54)63(53-33-17-5-18-34-53)47-65(66)67(55-37-21-7-22-38-55)72(71)70(69)62-45-59(51-29-13-3-14-30-51)42-60(46-62)52-31-15-4-16-32-52/h1-48H. The van der Waals surface area contributed by atoms with E-state index < -0.39 is 0 Å². The first kappa shape index (κ1) is 42.7. The van der Waals surface area contributed by atoms with Gasteiger partial charge in [-0.25, -0.2) is 0 Å². The van der Waals surface area contributed by atoms with Crippen LogP contribution >= 0.6 is 0 Å². The van der Waals surface area contributed by atoms with E-state index >= 15 is 0 Å². The summed E-state index contributed by atoms with van der Waals surface area (Å²) in [6, 6.07) is 107. The normalized spacial score (nSPS) is 12.8. The summed E-state index contributed by atoms with van der Waals surface area (Å²) in [4.78, 5) is 0. The van der Waals surface area contributed by atoms with Crippen LogP contribution < -0.4 is 0 Å². The van der Waals surface area contributed by atoms with Crippen LogP contribution in [0.3, 0.4) is 0 Å². The monoisotopic (exact) mass is 912 g/mol. The van der Waals surface area contributed by atoms with Gasteiger partial charge in [-0.15, -0.1) is 0 Å². The molecular weight excluding hydrogens is 865 g/mol. The minimum atomic E-state index is 1.17. The Morgan fingerprint density at radius 3 is 0.653 bits per heavy atom. The molecule has 0 saturated heterocycles. The van der Waals surface area contributed by atoms with Crippen LogP contribution in [0.5, 0.6) is 0 Å². The van der Waals surface area contributed by atoms with Crippen molar-refractivity contribution in [3.05, 3.63) is 330 Å². The van der Waals surface area contributed by atoms with E-state index in [0.29, 0.717) is 0 Å². The molecule has 2 aliphatic carbocycles. The van der Waals surface area contributed by atoms with E-state index in [-0.39, 0.29) is 0 Å². The zero-order valence-corrected chi connectivity index (χ0v) is 39.7. The molecule has 0 nitrogen and oxygen atoms in total. The lowest BCUT2D eigenvalue weighted by Gasteiger charge is -2.20. The molecule has 0 saturated carbocycles. The molecule has 0 radical (unpaired) electrons. The lowest BCUT2D eigenvalue weighted by atomic mass is 9.82. The van der Waals surface area contributed by atoms with Gasteiger partial charge in [-0.3, -0.25) is 0 Å². The summed E-state index contributed by atoms with van der Waals surface area (Å²) in [5.41, 5.74) is 28.8. The highest BCUT2D eigenvalue weighted by atomic mass is 14.4. The molecule has 0 bridgehead atoms. The Bertz CT molecular complexity index is 3750. The zero-order valence-electron chi connectivity index (χ0n) is 39.7. The topological polar surface area (TPSA) is 0 Å². The molecule has 0 spiro atoms. The Hall–Kier alpha value is -9.36. The molecule has 11 aromatic carbocycles. The molecule has 11 aromatic rings. The van der Waals surface area contributed by atoms with Crippen molar-refractivity contribution in [2.75, 3.05) is 0 Å². The van der Waals surface area contributed by atoms with Gasteiger partial charge in [0.15, 0.2) is 0 Å². The van der Waals surface area contributed by atoms with Crippen molar-refractivity contribution >= 4 is 27.9 Å². The Morgan fingerprint density at radius 2 is 0.333 bits per heavy atom. The zero-order chi connectivity index (χ0) is 47.8. The maximum absolute atomic E-state index is 2.51. The van der Waals surface area contributed by atoms with Crippen LogP contribution in [0.15, 0.2) is 297 Å². The fraction of sp³-hybridized carbons (Fsp3) is 0. The van der Waals surface area contributed by atoms with Gasteiger partial charge in [0.25, 0.3) is 0 Å². The molecule has 72 heavy (non-hydrogen) atoms. The number of benzene rings is 11. The Morgan fingerprint density at radius 1 is 0.111 bits per heavy atom. The lowest BCUT2D eigenvalue weighted by molar-refractivity contribution is 1.51. The smallest absolute Gasteiger partial charge is 0.000137 e. The molecule has 0 aliphatic heterocycles. The maximum Gasteiger partial charge on any atom is -0.000137 e. The van der Waals surface area contributed by atoms with Gasteiger partial charge in [-0.1, -0.05) is 243 Å². The molecule has 0 N–H and O–H groups in total. The molecule has 0 atom stereocenters. The Balaban J connectivity index is 1.23. The van der Waals surface area contributed by atoms with Crippen molar-refractivity contribution in [3.8, 4) is 66.8 Å². The fourth-order valence-electron chi connectivity index (χ4n) is 11.1. The second-order valence-corrected chi connectivity index (χ2v) is 18.7. The van der Waals surface area contributed by atoms with Crippen LogP contribution in [0, 0.1) is 0 Å². The van der Waals surface area contributed by atoms with Gasteiger partial charge in [0, 0.05) is 0 Å². The van der Waals surface area contributed by atoms with E-state index in [0.717, 1.165) is 0 Å². The summed E-state index contributed by atoms with van der Waals surface area (Å²) in [6.45, 7) is 0. The number of rotatable bonds is 10. The molecule has 0 unspecified atom stereocenters. The summed E-state index contributed by atoms with van der Waals surface area (Å²) in [7, 11) is 0. The highest BCUT2D eigenvalue weighted by Crippen LogP contribution is 2.63. The van der Waals surface area contributed by atoms with Crippen molar-refractivity contribution in [1.82, 2.24) is 0 Å². The average Bonchev–Trinajstić information content (AvgIpc) is 3.99. The van der Waals surface area contributed by atoms with Gasteiger partial charge in [0.2, 0.25) is 0 Å². The molecule has 0 aromatic heterocycles. The van der Waals surface area contributed by atoms with Gasteiger partial charge >= 0.3 is 0 Å². The molecule has 0 heteroatoms. The van der Waals surface area contributed by atoms with Crippen LogP contribution in [0.2, 0.25) is 0 Å². The quantitative estimate of drug-likeness (QED) is 0.128. The van der Waals surface area contributed by atoms with Crippen LogP contribution in [-0.4, -0.2) is 0 Å². The van der Waals surface area contributed by atoms with E-state index in [2.05, 4.69) is 291 Å². The van der Waals surface area contributed by atoms with Crippen LogP contribution in [0.1, 0.15) is 33.4 Å². The summed E-state index contributed by atoms with van der Waals surface area (Å²) in [6.07, 6.45) is 0. The molecule has 0 fully saturated rings. The predicted octanol–water partition coefficient (Wildman–Crippen LogP) is 19.0. The van der Waals surface area contributed by atoms with Crippen molar-refractivity contribution in [2.24, 2.45) is 0 Å². The van der Waals surface area contributed by atoms with E-state index in [9.17, 15) is 0 Å². The second-order valence-electron chi connectivity index (χ2n) is 18.7. The lowest BCUT2D eigenvalue weighted by Crippen LogP contribution is -1.98. The molecule has 0 amide bonds. The number of allylic oxidation sites excluding steroid dienone is 5. The van der Waals surface area contributed by atoms with Crippen LogP contribution in [-0.2, 0) is 0 Å². The van der Waals surface area contributed by atoms with Crippen molar-refractivity contribution < 1.29 is 0 Å². The first-order chi connectivity index (χ1) is 35.7. The third-order valence-corrected chi connectivity index (χ3v) is 14.4. The number of fused-ring (bicyclic) bond motifs is 3. The average molecular weight is 913 g/mol. The number of hydrogen-bond donors (Lipinski definition) is 0. The van der Waals surface area contributed by atoms with Gasteiger partial charge in [-0.2, -0.15) is 0 Å². The van der Waals surface area contributed by atoms with Gasteiger partial charge in [-0.05, 0) is 182 Å². The molecule has 13 rings (SSSR count). The minimum Gasteiger partial charge on any atom is -0.0622 e. The SMILES string of the molecule is c1ccc(C2=C3C(=C(c4ccccc4)c4cc(-c5ccccc5)c(-c5ccccc5)cc43)C(c3cc(-c4ccccc4)cc(-c4ccccc4)c3)=C2c2cc(-c3ccccc3)cc(-c3ccccc3)c2)cc1. The predicted molar refractivity (Wildman–Crippen MR) is 304 cm³/mol. The number of hydrogen-bond acceptors (Lipinski definition) is 0. The highest BCUT2D eigenvalue weighted by Gasteiger charge is 2.41. The van der Waals surface area contributed by atoms with E-state index in [4.69, 9.17) is 0 Å². The third kappa shape index (κ3) is 7.77. The van der Waals surface area contributed by atoms with Gasteiger partial charge in [0.05, 0.1) is 0 Å². The Labute approximate surface area is 422 Å². The van der Waals surface area contributed by atoms with Gasteiger partial charge in [0.1, 0.15) is 0 Å². The second kappa shape index (κ2) is 18.5. The summed E-state index contributed by atoms with van der Waals surface area (Å²) in [5, 5.41) is 0. The van der Waals surface area contributed by atoms with Crippen molar-refractivity contribution in [1.29, 1.82) is 0 Å². The van der Waals surface area contributed by atoms with Crippen molar-refractivity contribution in [2.45, 2.75) is 0 Å². The third-order valence-electron chi connectivity index (χ3n) is 14.4. The molecule has 2 aliphatic rings. The molecule has 0 heterocycles. The Kier molecular flexibility index (Phi) is 11.0.